The molecule has 2 aliphatic carbocycles. The van der Waals surface area contributed by atoms with Crippen molar-refractivity contribution in [2.45, 2.75) is 43.9 Å². The number of aromatic nitrogens is 2. The molecule has 5 rings (SSSR count). The summed E-state index contributed by atoms with van der Waals surface area (Å²) in [5.41, 5.74) is 12.7. The summed E-state index contributed by atoms with van der Waals surface area (Å²) in [5, 5.41) is 13.7. The minimum absolute atomic E-state index is 0.0143. The summed E-state index contributed by atoms with van der Waals surface area (Å²) in [7, 11) is 0. The molecular weight excluding hydrogens is 393 g/mol. The summed E-state index contributed by atoms with van der Waals surface area (Å²) < 4.78 is 40.6. The Balaban J connectivity index is 1.61. The van der Waals surface area contributed by atoms with E-state index in [1.165, 1.54) is 6.20 Å². The van der Waals surface area contributed by atoms with Gasteiger partial charge in [-0.2, -0.15) is 23.4 Å². The number of rotatable bonds is 1. The van der Waals surface area contributed by atoms with E-state index >= 15 is 0 Å². The number of allylic oxidation sites excluding steroid dienone is 2. The van der Waals surface area contributed by atoms with Crippen LogP contribution in [-0.4, -0.2) is 28.5 Å². The average molecular weight is 414 g/mol. The predicted molar refractivity (Wildman–Crippen MR) is 106 cm³/mol. The van der Waals surface area contributed by atoms with Crippen LogP contribution in [0.2, 0.25) is 0 Å². The van der Waals surface area contributed by atoms with Gasteiger partial charge in [0.15, 0.2) is 5.69 Å². The topological polar surface area (TPSA) is 91.1 Å². The summed E-state index contributed by atoms with van der Waals surface area (Å²) in [5.74, 6) is 5.88. The molecule has 156 valence electrons. The number of H-pyrrole nitrogens is 1. The van der Waals surface area contributed by atoms with Crippen LogP contribution in [0.3, 0.4) is 0 Å². The van der Waals surface area contributed by atoms with E-state index in [9.17, 15) is 13.2 Å². The normalized spacial score (nSPS) is 27.3. The Morgan fingerprint density at radius 2 is 2.07 bits per heavy atom. The van der Waals surface area contributed by atoms with Crippen LogP contribution < -0.4 is 16.5 Å². The molecule has 30 heavy (non-hydrogen) atoms. The zero-order chi connectivity index (χ0) is 20.9. The molecule has 0 saturated carbocycles. The van der Waals surface area contributed by atoms with Crippen LogP contribution in [0.5, 0.6) is 0 Å². The molecule has 3 unspecified atom stereocenters. The van der Waals surface area contributed by atoms with Gasteiger partial charge in [0.05, 0.1) is 24.5 Å². The number of nitrogens with two attached hydrogens (primary N) is 1. The largest absolute Gasteiger partial charge is 0.435 e. The predicted octanol–water partition coefficient (Wildman–Crippen LogP) is 2.67. The summed E-state index contributed by atoms with van der Waals surface area (Å²) in [6, 6.07) is -0.569. The summed E-state index contributed by atoms with van der Waals surface area (Å²) in [6.45, 7) is 0.243. The Morgan fingerprint density at radius 1 is 1.23 bits per heavy atom. The summed E-state index contributed by atoms with van der Waals surface area (Å²) in [4.78, 5) is 0. The third-order valence-corrected chi connectivity index (χ3v) is 6.11. The summed E-state index contributed by atoms with van der Waals surface area (Å²) >= 11 is 0. The molecule has 0 spiro atoms. The minimum atomic E-state index is -4.51. The van der Waals surface area contributed by atoms with E-state index < -0.39 is 17.9 Å². The number of hydrogen-bond donors (Lipinski definition) is 4. The molecule has 0 bridgehead atoms. The van der Waals surface area contributed by atoms with Crippen LogP contribution in [0, 0.1) is 17.8 Å². The average Bonchev–Trinajstić information content (AvgIpc) is 3.38. The molecule has 1 aromatic heterocycles. The Hall–Kier alpha value is -2.99. The van der Waals surface area contributed by atoms with Crippen molar-refractivity contribution in [2.24, 2.45) is 16.8 Å². The van der Waals surface area contributed by atoms with Crippen molar-refractivity contribution in [1.29, 1.82) is 0 Å². The van der Waals surface area contributed by atoms with Crippen molar-refractivity contribution in [3.63, 3.8) is 0 Å². The number of fused-ring (bicyclic) bond motifs is 3. The van der Waals surface area contributed by atoms with E-state index in [1.807, 2.05) is 12.2 Å². The third-order valence-electron chi connectivity index (χ3n) is 6.11. The monoisotopic (exact) mass is 414 g/mol. The second-order valence-corrected chi connectivity index (χ2v) is 7.80. The van der Waals surface area contributed by atoms with E-state index in [0.717, 1.165) is 53.8 Å². The second-order valence-electron chi connectivity index (χ2n) is 7.80. The number of dihydropyridines is 1. The first-order chi connectivity index (χ1) is 14.5. The Morgan fingerprint density at radius 3 is 2.87 bits per heavy atom. The molecule has 4 aliphatic rings. The van der Waals surface area contributed by atoms with E-state index in [0.29, 0.717) is 0 Å². The first kappa shape index (κ1) is 19.0. The van der Waals surface area contributed by atoms with Gasteiger partial charge in [-0.15, -0.1) is 0 Å². The number of alkyl halides is 3. The lowest BCUT2D eigenvalue weighted by Crippen LogP contribution is -2.39. The van der Waals surface area contributed by atoms with Crippen molar-refractivity contribution in [3.05, 3.63) is 52.0 Å². The molecule has 3 heterocycles. The van der Waals surface area contributed by atoms with Gasteiger partial charge in [0.2, 0.25) is 0 Å². The number of nitrogens with one attached hydrogen (secondary N) is 3. The van der Waals surface area contributed by atoms with Crippen molar-refractivity contribution in [3.8, 4) is 11.8 Å². The standard InChI is InChI=1S/C21H21F3N6/c22-21(23,24)20-13(10-26-30-20)19-12-5-2-1-4-11(12)17-14(27-19)7-8-16-18(17)15(28-29-16)6-3-9-25/h7-8,10,16,18-19,27,29H,1-2,4-5,9,25H2,(H,26,30). The first-order valence-corrected chi connectivity index (χ1v) is 10.0. The Bertz CT molecular complexity index is 1060. The van der Waals surface area contributed by atoms with Crippen LogP contribution in [0.25, 0.3) is 0 Å². The maximum absolute atomic E-state index is 13.5. The smallest absolute Gasteiger partial charge is 0.374 e. The highest BCUT2D eigenvalue weighted by Gasteiger charge is 2.45. The van der Waals surface area contributed by atoms with E-state index in [4.69, 9.17) is 5.73 Å². The molecule has 0 fully saturated rings. The van der Waals surface area contributed by atoms with E-state index in [1.54, 1.807) is 0 Å². The molecule has 0 saturated heterocycles. The van der Waals surface area contributed by atoms with E-state index in [-0.39, 0.29) is 24.1 Å². The fraction of sp³-hybridized carbons (Fsp3) is 0.429. The maximum Gasteiger partial charge on any atom is 0.435 e. The SMILES string of the molecule is NCC#CC1=NNC2C=CC3=C(C4=C(CCCC4)C(c4c[nH]nc4C(F)(F)F)N3)C12. The lowest BCUT2D eigenvalue weighted by atomic mass is 9.71. The van der Waals surface area contributed by atoms with Crippen molar-refractivity contribution < 1.29 is 13.2 Å². The maximum atomic E-state index is 13.5. The van der Waals surface area contributed by atoms with Gasteiger partial charge in [-0.05, 0) is 54.4 Å². The van der Waals surface area contributed by atoms with Gasteiger partial charge in [-0.3, -0.25) is 5.10 Å². The van der Waals surface area contributed by atoms with Gasteiger partial charge in [0, 0.05) is 17.5 Å². The summed E-state index contributed by atoms with van der Waals surface area (Å²) in [6.07, 6.45) is 4.32. The first-order valence-electron chi connectivity index (χ1n) is 10.0. The molecule has 0 aromatic carbocycles. The van der Waals surface area contributed by atoms with Gasteiger partial charge in [-0.25, -0.2) is 0 Å². The van der Waals surface area contributed by atoms with Crippen LogP contribution in [0.4, 0.5) is 13.2 Å². The Kier molecular flexibility index (Phi) is 4.47. The second kappa shape index (κ2) is 7.06. The molecule has 0 radical (unpaired) electrons. The molecule has 0 amide bonds. The van der Waals surface area contributed by atoms with Crippen LogP contribution in [0.1, 0.15) is 43.0 Å². The van der Waals surface area contributed by atoms with E-state index in [2.05, 4.69) is 37.9 Å². The number of hydrazone groups is 1. The van der Waals surface area contributed by atoms with Gasteiger partial charge < -0.3 is 16.5 Å². The quantitative estimate of drug-likeness (QED) is 0.532. The number of nitrogens with zero attached hydrogens (tertiary/aromatic N) is 2. The van der Waals surface area contributed by atoms with Crippen LogP contribution in [0.15, 0.2) is 45.9 Å². The highest BCUT2D eigenvalue weighted by molar-refractivity contribution is 6.06. The van der Waals surface area contributed by atoms with Crippen LogP contribution >= 0.6 is 0 Å². The third kappa shape index (κ3) is 2.94. The molecule has 9 heteroatoms. The van der Waals surface area contributed by atoms with Gasteiger partial charge >= 0.3 is 6.18 Å². The molecule has 1 aromatic rings. The fourth-order valence-corrected chi connectivity index (χ4v) is 4.92. The van der Waals surface area contributed by atoms with Crippen molar-refractivity contribution in [1.82, 2.24) is 20.9 Å². The molecule has 5 N–H and O–H groups in total. The number of aromatic amines is 1. The highest BCUT2D eigenvalue weighted by Crippen LogP contribution is 2.48. The van der Waals surface area contributed by atoms with Gasteiger partial charge in [0.25, 0.3) is 0 Å². The Labute approximate surface area is 171 Å². The molecular formula is C21H21F3N6. The minimum Gasteiger partial charge on any atom is -0.374 e. The number of hydrogen-bond acceptors (Lipinski definition) is 5. The van der Waals surface area contributed by atoms with Gasteiger partial charge in [-0.1, -0.05) is 12.0 Å². The lowest BCUT2D eigenvalue weighted by molar-refractivity contribution is -0.142. The molecule has 6 nitrogen and oxygen atoms in total. The van der Waals surface area contributed by atoms with Crippen LogP contribution in [-0.2, 0) is 6.18 Å². The highest BCUT2D eigenvalue weighted by atomic mass is 19.4. The zero-order valence-electron chi connectivity index (χ0n) is 16.1. The number of halogens is 3. The molecule has 2 aliphatic heterocycles. The van der Waals surface area contributed by atoms with Crippen molar-refractivity contribution in [2.75, 3.05) is 6.54 Å². The van der Waals surface area contributed by atoms with Gasteiger partial charge in [0.1, 0.15) is 5.71 Å². The van der Waals surface area contributed by atoms with Crippen molar-refractivity contribution >= 4 is 5.71 Å². The molecule has 3 atom stereocenters. The lowest BCUT2D eigenvalue weighted by Gasteiger charge is -2.40. The fourth-order valence-electron chi connectivity index (χ4n) is 4.92. The zero-order valence-corrected chi connectivity index (χ0v) is 16.1.